The van der Waals surface area contributed by atoms with Gasteiger partial charge in [-0.15, -0.1) is 0 Å². The molecule has 0 amide bonds. The third kappa shape index (κ3) is 8.63. The summed E-state index contributed by atoms with van der Waals surface area (Å²) in [5.41, 5.74) is -3.07. The molecule has 2 rings (SSSR count). The zero-order chi connectivity index (χ0) is 28.4. The van der Waals surface area contributed by atoms with Crippen LogP contribution in [-0.2, 0) is 18.4 Å². The first kappa shape index (κ1) is 33.2. The maximum atomic E-state index is 10.9. The van der Waals surface area contributed by atoms with Crippen LogP contribution in [0.1, 0.15) is 92.9 Å². The van der Waals surface area contributed by atoms with E-state index in [0.717, 1.165) is 0 Å². The minimum absolute atomic E-state index is 0.102. The zero-order valence-corrected chi connectivity index (χ0v) is 26.2. The van der Waals surface area contributed by atoms with E-state index in [1.807, 2.05) is 0 Å². The van der Waals surface area contributed by atoms with E-state index in [2.05, 4.69) is 67.7 Å². The first-order chi connectivity index (χ1) is 16.0. The second-order valence-electron chi connectivity index (χ2n) is 13.8. The molecule has 0 bridgehead atoms. The summed E-state index contributed by atoms with van der Waals surface area (Å²) in [5, 5.41) is 38.0. The molecule has 2 aliphatic carbocycles. The van der Waals surface area contributed by atoms with Gasteiger partial charge < -0.3 is 29.3 Å². The standard InChI is InChI=1S/2C13H26O4Si/c2*1-12(2,3)18(4,5)17-10-6-8-13(16,9-7-10)11(14)15/h2*10,16H,6-9H2,1-5H3,(H,14,15). The van der Waals surface area contributed by atoms with Crippen LogP contribution in [-0.4, -0.2) is 72.4 Å². The third-order valence-corrected chi connectivity index (χ3v) is 17.9. The molecule has 8 nitrogen and oxygen atoms in total. The highest BCUT2D eigenvalue weighted by molar-refractivity contribution is 6.74. The Balaban J connectivity index is 0.000000360. The maximum Gasteiger partial charge on any atom is 0.335 e. The number of aliphatic carboxylic acids is 2. The third-order valence-electron chi connectivity index (χ3n) is 8.85. The van der Waals surface area contributed by atoms with Crippen LogP contribution in [0.4, 0.5) is 0 Å². The van der Waals surface area contributed by atoms with E-state index in [1.54, 1.807) is 0 Å². The Morgan fingerprint density at radius 3 is 1.03 bits per heavy atom. The Hall–Kier alpha value is -0.786. The molecule has 2 aliphatic rings. The van der Waals surface area contributed by atoms with Crippen molar-refractivity contribution in [1.82, 2.24) is 0 Å². The van der Waals surface area contributed by atoms with E-state index in [4.69, 9.17) is 19.1 Å². The van der Waals surface area contributed by atoms with Crippen molar-refractivity contribution < 1.29 is 38.9 Å². The molecule has 0 aromatic rings. The molecule has 10 heteroatoms. The summed E-state index contributed by atoms with van der Waals surface area (Å²) >= 11 is 0. The topological polar surface area (TPSA) is 134 Å². The van der Waals surface area contributed by atoms with Gasteiger partial charge in [0.25, 0.3) is 0 Å². The number of rotatable bonds is 6. The summed E-state index contributed by atoms with van der Waals surface area (Å²) in [6.07, 6.45) is 3.91. The van der Waals surface area contributed by atoms with Crippen LogP contribution >= 0.6 is 0 Å². The van der Waals surface area contributed by atoms with Gasteiger partial charge in [-0.2, -0.15) is 0 Å². The van der Waals surface area contributed by atoms with Gasteiger partial charge in [0.2, 0.25) is 0 Å². The van der Waals surface area contributed by atoms with Crippen molar-refractivity contribution >= 4 is 28.6 Å². The molecular weight excluding hydrogens is 496 g/mol. The molecule has 212 valence electrons. The van der Waals surface area contributed by atoms with E-state index in [-0.39, 0.29) is 22.3 Å². The monoisotopic (exact) mass is 548 g/mol. The molecule has 0 saturated heterocycles. The summed E-state index contributed by atoms with van der Waals surface area (Å²) in [6.45, 7) is 21.9. The predicted octanol–water partition coefficient (Wildman–Crippen LogP) is 5.53. The van der Waals surface area contributed by atoms with Crippen LogP contribution in [0.3, 0.4) is 0 Å². The molecular formula is C26H52O8Si2. The molecule has 2 saturated carbocycles. The number of carboxylic acids is 2. The summed E-state index contributed by atoms with van der Waals surface area (Å²) in [4.78, 5) is 21.9. The van der Waals surface area contributed by atoms with Crippen molar-refractivity contribution in [2.24, 2.45) is 0 Å². The van der Waals surface area contributed by atoms with Crippen LogP contribution in [0, 0.1) is 0 Å². The normalized spacial score (nSPS) is 30.2. The van der Waals surface area contributed by atoms with Gasteiger partial charge in [-0.1, -0.05) is 41.5 Å². The average molecular weight is 549 g/mol. The summed E-state index contributed by atoms with van der Waals surface area (Å²) < 4.78 is 12.5. The van der Waals surface area contributed by atoms with Crippen molar-refractivity contribution in [3.63, 3.8) is 0 Å². The van der Waals surface area contributed by atoms with Crippen LogP contribution < -0.4 is 0 Å². The minimum atomic E-state index is -1.79. The van der Waals surface area contributed by atoms with E-state index in [9.17, 15) is 19.8 Å². The molecule has 0 atom stereocenters. The van der Waals surface area contributed by atoms with Crippen LogP contribution in [0.5, 0.6) is 0 Å². The molecule has 2 fully saturated rings. The number of hydrogen-bond donors (Lipinski definition) is 4. The van der Waals surface area contributed by atoms with Crippen LogP contribution in [0.25, 0.3) is 0 Å². The largest absolute Gasteiger partial charge is 0.479 e. The van der Waals surface area contributed by atoms with E-state index in [1.165, 1.54) is 0 Å². The summed E-state index contributed by atoms with van der Waals surface area (Å²) in [5.74, 6) is -2.21. The van der Waals surface area contributed by atoms with Crippen molar-refractivity contribution in [1.29, 1.82) is 0 Å². The van der Waals surface area contributed by atoms with Crippen molar-refractivity contribution in [2.45, 2.75) is 153 Å². The first-order valence-electron chi connectivity index (χ1n) is 13.2. The summed E-state index contributed by atoms with van der Waals surface area (Å²) in [6, 6.07) is 0. The highest BCUT2D eigenvalue weighted by Gasteiger charge is 2.45. The van der Waals surface area contributed by atoms with Gasteiger partial charge in [-0.05, 0) is 87.6 Å². The van der Waals surface area contributed by atoms with Gasteiger partial charge in [0.05, 0.1) is 0 Å². The van der Waals surface area contributed by atoms with Gasteiger partial charge in [-0.25, -0.2) is 9.59 Å². The van der Waals surface area contributed by atoms with Crippen molar-refractivity contribution in [2.75, 3.05) is 0 Å². The number of carbonyl (C=O) groups is 2. The molecule has 0 spiro atoms. The highest BCUT2D eigenvalue weighted by Crippen LogP contribution is 2.41. The van der Waals surface area contributed by atoms with E-state index < -0.39 is 39.8 Å². The number of carboxylic acid groups (broad SMARTS) is 2. The average Bonchev–Trinajstić information content (AvgIpc) is 2.70. The van der Waals surface area contributed by atoms with Crippen molar-refractivity contribution in [3.8, 4) is 0 Å². The fraction of sp³-hybridized carbons (Fsp3) is 0.923. The molecule has 0 aromatic carbocycles. The summed E-state index contributed by atoms with van der Waals surface area (Å²) in [7, 11) is -3.59. The molecule has 0 unspecified atom stereocenters. The second kappa shape index (κ2) is 11.5. The molecule has 0 heterocycles. The van der Waals surface area contributed by atoms with Gasteiger partial charge >= 0.3 is 11.9 Å². The zero-order valence-electron chi connectivity index (χ0n) is 24.2. The van der Waals surface area contributed by atoms with Crippen molar-refractivity contribution in [3.05, 3.63) is 0 Å². The maximum absolute atomic E-state index is 10.9. The molecule has 0 aromatic heterocycles. The highest BCUT2D eigenvalue weighted by atomic mass is 28.4. The lowest BCUT2D eigenvalue weighted by atomic mass is 9.83. The molecule has 0 aliphatic heterocycles. The second-order valence-corrected chi connectivity index (χ2v) is 23.3. The predicted molar refractivity (Wildman–Crippen MR) is 146 cm³/mol. The molecule has 36 heavy (non-hydrogen) atoms. The van der Waals surface area contributed by atoms with Gasteiger partial charge in [0, 0.05) is 12.2 Å². The molecule has 4 N–H and O–H groups in total. The number of hydrogen-bond acceptors (Lipinski definition) is 6. The van der Waals surface area contributed by atoms with Gasteiger partial charge in [0.15, 0.2) is 27.8 Å². The fourth-order valence-electron chi connectivity index (χ4n) is 3.99. The smallest absolute Gasteiger partial charge is 0.335 e. The molecule has 0 radical (unpaired) electrons. The minimum Gasteiger partial charge on any atom is -0.479 e. The SMILES string of the molecule is CC(C)(C)[Si](C)(C)OC1CCC(O)(C(=O)O)CC1.CC(C)(C)[Si](C)(C)OC1CCC(O)(C(=O)O)CC1. The lowest BCUT2D eigenvalue weighted by Gasteiger charge is -2.42. The number of aliphatic hydroxyl groups is 2. The Morgan fingerprint density at radius 1 is 0.639 bits per heavy atom. The quantitative estimate of drug-likeness (QED) is 0.318. The Labute approximate surface area is 220 Å². The van der Waals surface area contributed by atoms with E-state index in [0.29, 0.717) is 51.4 Å². The van der Waals surface area contributed by atoms with E-state index >= 15 is 0 Å². The Kier molecular flexibility index (Phi) is 10.6. The fourth-order valence-corrected chi connectivity index (χ4v) is 6.83. The van der Waals surface area contributed by atoms with Gasteiger partial charge in [-0.3, -0.25) is 0 Å². The lowest BCUT2D eigenvalue weighted by molar-refractivity contribution is -0.164. The Bertz CT molecular complexity index is 687. The van der Waals surface area contributed by atoms with Gasteiger partial charge in [0.1, 0.15) is 0 Å². The Morgan fingerprint density at radius 2 is 0.861 bits per heavy atom. The van der Waals surface area contributed by atoms with Crippen LogP contribution in [0.2, 0.25) is 36.3 Å². The van der Waals surface area contributed by atoms with Crippen LogP contribution in [0.15, 0.2) is 0 Å². The lowest BCUT2D eigenvalue weighted by Crippen LogP contribution is -2.48. The first-order valence-corrected chi connectivity index (χ1v) is 19.0.